The zero-order valence-electron chi connectivity index (χ0n) is 14.5. The van der Waals surface area contributed by atoms with E-state index in [2.05, 4.69) is 23.8 Å². The molecule has 0 radical (unpaired) electrons. The fourth-order valence-electron chi connectivity index (χ4n) is 2.75. The maximum atomic E-state index is 10.9. The molecule has 3 nitrogen and oxygen atoms in total. The monoisotopic (exact) mass is 310 g/mol. The predicted molar refractivity (Wildman–Crippen MR) is 90.9 cm³/mol. The molecule has 0 amide bonds. The minimum atomic E-state index is -0.0850. The Balaban J connectivity index is 1.80. The highest BCUT2D eigenvalue weighted by Crippen LogP contribution is 2.30. The van der Waals surface area contributed by atoms with Crippen LogP contribution in [0.5, 0.6) is 0 Å². The van der Waals surface area contributed by atoms with Gasteiger partial charge in [0.15, 0.2) is 0 Å². The van der Waals surface area contributed by atoms with Gasteiger partial charge in [-0.1, -0.05) is 57.6 Å². The average Bonchev–Trinajstić information content (AvgIpc) is 3.27. The molecule has 0 aromatic carbocycles. The summed E-state index contributed by atoms with van der Waals surface area (Å²) >= 11 is 0. The largest absolute Gasteiger partial charge is 0.469 e. The van der Waals surface area contributed by atoms with Gasteiger partial charge in [-0.05, 0) is 32.1 Å². The number of unbranched alkanes of at least 4 members (excludes halogenated alkanes) is 7. The Morgan fingerprint density at radius 2 is 1.77 bits per heavy atom. The van der Waals surface area contributed by atoms with Gasteiger partial charge in [0.05, 0.1) is 19.3 Å². The van der Waals surface area contributed by atoms with Crippen LogP contribution in [0.25, 0.3) is 0 Å². The molecule has 0 bridgehead atoms. The molecule has 1 fully saturated rings. The second kappa shape index (κ2) is 12.7. The number of esters is 1. The maximum absolute atomic E-state index is 10.9. The zero-order valence-corrected chi connectivity index (χ0v) is 14.5. The Kier molecular flexibility index (Phi) is 11.1. The van der Waals surface area contributed by atoms with Crippen LogP contribution < -0.4 is 0 Å². The summed E-state index contributed by atoms with van der Waals surface area (Å²) in [5.41, 5.74) is 0. The van der Waals surface area contributed by atoms with Gasteiger partial charge in [0.1, 0.15) is 0 Å². The van der Waals surface area contributed by atoms with Crippen molar-refractivity contribution in [3.63, 3.8) is 0 Å². The first kappa shape index (κ1) is 19.2. The van der Waals surface area contributed by atoms with Crippen LogP contribution in [0.2, 0.25) is 0 Å². The summed E-state index contributed by atoms with van der Waals surface area (Å²) < 4.78 is 10.3. The third-order valence-corrected chi connectivity index (χ3v) is 4.29. The molecule has 0 aliphatic carbocycles. The third-order valence-electron chi connectivity index (χ3n) is 4.29. The van der Waals surface area contributed by atoms with E-state index >= 15 is 0 Å². The van der Waals surface area contributed by atoms with Crippen LogP contribution in [0.3, 0.4) is 0 Å². The molecular weight excluding hydrogens is 276 g/mol. The van der Waals surface area contributed by atoms with E-state index in [1.54, 1.807) is 0 Å². The van der Waals surface area contributed by atoms with Gasteiger partial charge in [-0.25, -0.2) is 0 Å². The van der Waals surface area contributed by atoms with Crippen molar-refractivity contribution in [1.82, 2.24) is 0 Å². The summed E-state index contributed by atoms with van der Waals surface area (Å²) in [5.74, 6) is -0.0850. The highest BCUT2D eigenvalue weighted by Gasteiger charge is 2.36. The lowest BCUT2D eigenvalue weighted by Crippen LogP contribution is -1.99. The summed E-state index contributed by atoms with van der Waals surface area (Å²) in [7, 11) is 1.45. The van der Waals surface area contributed by atoms with Crippen molar-refractivity contribution < 1.29 is 14.3 Å². The number of epoxide rings is 1. The van der Waals surface area contributed by atoms with Crippen LogP contribution in [-0.2, 0) is 14.3 Å². The van der Waals surface area contributed by atoms with Gasteiger partial charge in [0, 0.05) is 6.42 Å². The van der Waals surface area contributed by atoms with E-state index < -0.39 is 0 Å². The number of allylic oxidation sites excluding steroid dienone is 1. The van der Waals surface area contributed by atoms with Crippen LogP contribution in [0.15, 0.2) is 12.2 Å². The van der Waals surface area contributed by atoms with Gasteiger partial charge < -0.3 is 9.47 Å². The summed E-state index contributed by atoms with van der Waals surface area (Å²) in [5, 5.41) is 0. The lowest BCUT2D eigenvalue weighted by atomic mass is 10.1. The quantitative estimate of drug-likeness (QED) is 0.192. The van der Waals surface area contributed by atoms with E-state index in [0.29, 0.717) is 18.6 Å². The van der Waals surface area contributed by atoms with E-state index in [1.807, 2.05) is 0 Å². The zero-order chi connectivity index (χ0) is 16.0. The van der Waals surface area contributed by atoms with Crippen molar-refractivity contribution in [3.05, 3.63) is 12.2 Å². The third kappa shape index (κ3) is 9.99. The van der Waals surface area contributed by atoms with Gasteiger partial charge in [-0.15, -0.1) is 0 Å². The SMILES string of the molecule is CCCCC[C@@H]1O[C@H]1C/C=C/CCCCCCCC(=O)OC. The first-order valence-electron chi connectivity index (χ1n) is 9.15. The molecule has 1 saturated heterocycles. The molecule has 0 unspecified atom stereocenters. The summed E-state index contributed by atoms with van der Waals surface area (Å²) in [6.07, 6.45) is 19.5. The van der Waals surface area contributed by atoms with Crippen LogP contribution in [0, 0.1) is 0 Å². The maximum Gasteiger partial charge on any atom is 0.305 e. The number of rotatable bonds is 14. The molecule has 1 heterocycles. The molecule has 0 aromatic heterocycles. The molecular formula is C19H34O3. The molecule has 128 valence electrons. The summed E-state index contributed by atoms with van der Waals surface area (Å²) in [6.45, 7) is 2.24. The van der Waals surface area contributed by atoms with Crippen LogP contribution in [0.4, 0.5) is 0 Å². The highest BCUT2D eigenvalue weighted by atomic mass is 16.6. The number of hydrogen-bond donors (Lipinski definition) is 0. The number of methoxy groups -OCH3 is 1. The smallest absolute Gasteiger partial charge is 0.305 e. The van der Waals surface area contributed by atoms with Crippen LogP contribution in [-0.4, -0.2) is 25.3 Å². The van der Waals surface area contributed by atoms with Gasteiger partial charge >= 0.3 is 5.97 Å². The number of carbonyl (C=O) groups is 1. The van der Waals surface area contributed by atoms with E-state index in [-0.39, 0.29) is 5.97 Å². The summed E-state index contributed by atoms with van der Waals surface area (Å²) in [6, 6.07) is 0. The Morgan fingerprint density at radius 3 is 2.55 bits per heavy atom. The minimum Gasteiger partial charge on any atom is -0.469 e. The van der Waals surface area contributed by atoms with Crippen LogP contribution >= 0.6 is 0 Å². The van der Waals surface area contributed by atoms with Gasteiger partial charge in [-0.2, -0.15) is 0 Å². The van der Waals surface area contributed by atoms with Crippen molar-refractivity contribution in [2.75, 3.05) is 7.11 Å². The lowest BCUT2D eigenvalue weighted by Gasteiger charge is -2.00. The van der Waals surface area contributed by atoms with Crippen LogP contribution in [0.1, 0.15) is 84.0 Å². The molecule has 22 heavy (non-hydrogen) atoms. The Labute approximate surface area is 136 Å². The molecule has 0 N–H and O–H groups in total. The fraction of sp³-hybridized carbons (Fsp3) is 0.842. The molecule has 0 aromatic rings. The first-order chi connectivity index (χ1) is 10.8. The van der Waals surface area contributed by atoms with Crippen molar-refractivity contribution in [2.45, 2.75) is 96.2 Å². The van der Waals surface area contributed by atoms with Crippen molar-refractivity contribution >= 4 is 5.97 Å². The number of carbonyl (C=O) groups excluding carboxylic acids is 1. The molecule has 2 atom stereocenters. The Hall–Kier alpha value is -0.830. The fourth-order valence-corrected chi connectivity index (χ4v) is 2.75. The topological polar surface area (TPSA) is 38.8 Å². The second-order valence-corrected chi connectivity index (χ2v) is 6.30. The van der Waals surface area contributed by atoms with Gasteiger partial charge in [0.2, 0.25) is 0 Å². The van der Waals surface area contributed by atoms with E-state index in [9.17, 15) is 4.79 Å². The van der Waals surface area contributed by atoms with Crippen molar-refractivity contribution in [3.8, 4) is 0 Å². The molecule has 0 spiro atoms. The predicted octanol–water partition coefficient (Wildman–Crippen LogP) is 5.18. The normalized spacial score (nSPS) is 20.5. The standard InChI is InChI=1S/C19H34O3/c1-3-4-11-14-17-18(22-17)15-12-9-7-5-6-8-10-13-16-19(20)21-2/h9,12,17-18H,3-8,10-11,13-16H2,1-2H3/b12-9+/t17-,18-/m0/s1. The summed E-state index contributed by atoms with van der Waals surface area (Å²) in [4.78, 5) is 10.9. The number of hydrogen-bond acceptors (Lipinski definition) is 3. The van der Waals surface area contributed by atoms with Gasteiger partial charge in [-0.3, -0.25) is 4.79 Å². The molecule has 1 aliphatic heterocycles. The lowest BCUT2D eigenvalue weighted by molar-refractivity contribution is -0.140. The molecule has 1 rings (SSSR count). The number of ether oxygens (including phenoxy) is 2. The minimum absolute atomic E-state index is 0.0850. The van der Waals surface area contributed by atoms with E-state index in [4.69, 9.17) is 4.74 Å². The van der Waals surface area contributed by atoms with E-state index in [0.717, 1.165) is 19.3 Å². The van der Waals surface area contributed by atoms with Crippen molar-refractivity contribution in [1.29, 1.82) is 0 Å². The Bertz CT molecular complexity index is 312. The second-order valence-electron chi connectivity index (χ2n) is 6.30. The van der Waals surface area contributed by atoms with Gasteiger partial charge in [0.25, 0.3) is 0 Å². The molecule has 0 saturated carbocycles. The average molecular weight is 310 g/mol. The van der Waals surface area contributed by atoms with Crippen molar-refractivity contribution in [2.24, 2.45) is 0 Å². The first-order valence-corrected chi connectivity index (χ1v) is 9.15. The highest BCUT2D eigenvalue weighted by molar-refractivity contribution is 5.68. The van der Waals surface area contributed by atoms with E-state index in [1.165, 1.54) is 58.5 Å². The molecule has 3 heteroatoms. The Morgan fingerprint density at radius 1 is 1.00 bits per heavy atom. The molecule has 1 aliphatic rings.